The van der Waals surface area contributed by atoms with Crippen LogP contribution in [0, 0.1) is 13.8 Å². The summed E-state index contributed by atoms with van der Waals surface area (Å²) < 4.78 is 27.7. The molecule has 0 spiro atoms. The van der Waals surface area contributed by atoms with E-state index in [4.69, 9.17) is 11.6 Å². The van der Waals surface area contributed by atoms with E-state index in [2.05, 4.69) is 9.71 Å². The van der Waals surface area contributed by atoms with Gasteiger partial charge in [-0.1, -0.05) is 22.9 Å². The average molecular weight is 346 g/mol. The Hall–Kier alpha value is -1.31. The van der Waals surface area contributed by atoms with Crippen LogP contribution in [0.4, 0.5) is 11.4 Å². The van der Waals surface area contributed by atoms with Gasteiger partial charge in [0.15, 0.2) is 8.68 Å². The Balaban J connectivity index is 2.35. The van der Waals surface area contributed by atoms with Crippen molar-refractivity contribution in [2.75, 3.05) is 23.7 Å². The highest BCUT2D eigenvalue weighted by molar-refractivity contribution is 7.94. The first kappa shape index (κ1) is 16.1. The molecule has 0 radical (unpaired) electrons. The number of nitrogens with zero attached hydrogens (tertiary/aromatic N) is 2. The topological polar surface area (TPSA) is 62.3 Å². The van der Waals surface area contributed by atoms with E-state index in [1.165, 1.54) is 0 Å². The number of thiazole rings is 1. The standard InChI is InChI=1S/C13H16ClN3O2S2/c1-8-7-10(17(3)4)5-6-11(8)16-21(18,19)12-9(2)15-13(14)20-12/h5-7,16H,1-4H3. The Morgan fingerprint density at radius 2 is 1.95 bits per heavy atom. The van der Waals surface area contributed by atoms with Crippen molar-refractivity contribution in [3.63, 3.8) is 0 Å². The molecule has 0 fully saturated rings. The third-order valence-corrected chi connectivity index (χ3v) is 6.18. The van der Waals surface area contributed by atoms with Gasteiger partial charge in [0, 0.05) is 19.8 Å². The van der Waals surface area contributed by atoms with Crippen molar-refractivity contribution in [2.45, 2.75) is 18.1 Å². The second kappa shape index (κ2) is 5.82. The van der Waals surface area contributed by atoms with Crippen LogP contribution in [0.15, 0.2) is 22.4 Å². The van der Waals surface area contributed by atoms with Crippen LogP contribution in [0.1, 0.15) is 11.3 Å². The van der Waals surface area contributed by atoms with Gasteiger partial charge in [-0.05, 0) is 37.6 Å². The second-order valence-electron chi connectivity index (χ2n) is 4.84. The first-order chi connectivity index (χ1) is 9.70. The maximum absolute atomic E-state index is 12.4. The zero-order chi connectivity index (χ0) is 15.8. The van der Waals surface area contributed by atoms with Crippen molar-refractivity contribution in [3.05, 3.63) is 33.9 Å². The number of sulfonamides is 1. The fourth-order valence-corrected chi connectivity index (χ4v) is 4.70. The monoisotopic (exact) mass is 345 g/mol. The van der Waals surface area contributed by atoms with Gasteiger partial charge in [0.1, 0.15) is 0 Å². The highest BCUT2D eigenvalue weighted by Gasteiger charge is 2.22. The van der Waals surface area contributed by atoms with E-state index >= 15 is 0 Å². The van der Waals surface area contributed by atoms with Gasteiger partial charge in [0.05, 0.1) is 11.4 Å². The molecular weight excluding hydrogens is 330 g/mol. The molecule has 0 saturated heterocycles. The number of aryl methyl sites for hydroxylation is 2. The summed E-state index contributed by atoms with van der Waals surface area (Å²) in [5.74, 6) is 0. The zero-order valence-electron chi connectivity index (χ0n) is 12.1. The minimum atomic E-state index is -3.67. The fraction of sp³-hybridized carbons (Fsp3) is 0.308. The van der Waals surface area contributed by atoms with Gasteiger partial charge in [0.2, 0.25) is 0 Å². The van der Waals surface area contributed by atoms with Gasteiger partial charge in [-0.2, -0.15) is 0 Å². The number of nitrogens with one attached hydrogen (secondary N) is 1. The molecule has 2 aromatic rings. The normalized spacial score (nSPS) is 11.5. The third-order valence-electron chi connectivity index (χ3n) is 2.94. The lowest BCUT2D eigenvalue weighted by atomic mass is 10.2. The fourth-order valence-electron chi connectivity index (χ4n) is 1.83. The molecule has 5 nitrogen and oxygen atoms in total. The Bertz CT molecular complexity index is 770. The van der Waals surface area contributed by atoms with E-state index < -0.39 is 10.0 Å². The Morgan fingerprint density at radius 1 is 1.29 bits per heavy atom. The quantitative estimate of drug-likeness (QED) is 0.923. The number of benzene rings is 1. The second-order valence-corrected chi connectivity index (χ2v) is 8.30. The maximum atomic E-state index is 12.4. The van der Waals surface area contributed by atoms with Crippen molar-refractivity contribution in [1.82, 2.24) is 4.98 Å². The van der Waals surface area contributed by atoms with Crippen LogP contribution in [0.25, 0.3) is 0 Å². The summed E-state index contributed by atoms with van der Waals surface area (Å²) in [7, 11) is 0.193. The van der Waals surface area contributed by atoms with Crippen LogP contribution in [0.5, 0.6) is 0 Å². The molecular formula is C13H16ClN3O2S2. The molecule has 0 atom stereocenters. The number of hydrogen-bond donors (Lipinski definition) is 1. The molecule has 1 heterocycles. The molecule has 8 heteroatoms. The first-order valence-electron chi connectivity index (χ1n) is 6.14. The summed E-state index contributed by atoms with van der Waals surface area (Å²) in [6.07, 6.45) is 0. The molecule has 0 saturated carbocycles. The summed E-state index contributed by atoms with van der Waals surface area (Å²) in [4.78, 5) is 5.89. The van der Waals surface area contributed by atoms with Gasteiger partial charge in [-0.3, -0.25) is 4.72 Å². The number of rotatable bonds is 4. The molecule has 114 valence electrons. The lowest BCUT2D eigenvalue weighted by molar-refractivity contribution is 0.602. The molecule has 1 aromatic carbocycles. The summed E-state index contributed by atoms with van der Waals surface area (Å²) in [6, 6.07) is 5.53. The predicted octanol–water partition coefficient (Wildman–Crippen LogP) is 3.28. The van der Waals surface area contributed by atoms with Gasteiger partial charge in [-0.15, -0.1) is 0 Å². The number of hydrogen-bond acceptors (Lipinski definition) is 5. The van der Waals surface area contributed by atoms with Gasteiger partial charge in [-0.25, -0.2) is 13.4 Å². The van der Waals surface area contributed by atoms with Crippen LogP contribution in [-0.2, 0) is 10.0 Å². The highest BCUT2D eigenvalue weighted by Crippen LogP contribution is 2.30. The molecule has 0 aliphatic heterocycles. The lowest BCUT2D eigenvalue weighted by Gasteiger charge is -2.15. The smallest absolute Gasteiger partial charge is 0.273 e. The zero-order valence-corrected chi connectivity index (χ0v) is 14.5. The number of aromatic nitrogens is 1. The van der Waals surface area contributed by atoms with Crippen LogP contribution >= 0.6 is 22.9 Å². The number of anilines is 2. The predicted molar refractivity (Wildman–Crippen MR) is 88.2 cm³/mol. The van der Waals surface area contributed by atoms with Crippen LogP contribution in [0.3, 0.4) is 0 Å². The molecule has 0 bridgehead atoms. The molecule has 1 N–H and O–H groups in total. The Kier molecular flexibility index (Phi) is 4.46. The molecule has 0 amide bonds. The molecule has 0 aliphatic rings. The van der Waals surface area contributed by atoms with E-state index in [9.17, 15) is 8.42 Å². The van der Waals surface area contributed by atoms with E-state index in [0.717, 1.165) is 22.6 Å². The van der Waals surface area contributed by atoms with Gasteiger partial charge in [0.25, 0.3) is 10.0 Å². The van der Waals surface area contributed by atoms with Crippen molar-refractivity contribution in [2.24, 2.45) is 0 Å². The SMILES string of the molecule is Cc1cc(N(C)C)ccc1NS(=O)(=O)c1sc(Cl)nc1C. The van der Waals surface area contributed by atoms with E-state index in [1.807, 2.05) is 38.1 Å². The first-order valence-corrected chi connectivity index (χ1v) is 8.82. The minimum absolute atomic E-state index is 0.142. The minimum Gasteiger partial charge on any atom is -0.378 e. The van der Waals surface area contributed by atoms with Crippen molar-refractivity contribution in [1.29, 1.82) is 0 Å². The molecule has 1 aromatic heterocycles. The van der Waals surface area contributed by atoms with Crippen molar-refractivity contribution < 1.29 is 8.42 Å². The number of halogens is 1. The third kappa shape index (κ3) is 3.48. The summed E-state index contributed by atoms with van der Waals surface area (Å²) in [6.45, 7) is 3.48. The van der Waals surface area contributed by atoms with Gasteiger partial charge >= 0.3 is 0 Å². The Morgan fingerprint density at radius 3 is 2.43 bits per heavy atom. The summed E-state index contributed by atoms with van der Waals surface area (Å²) in [5, 5.41) is 0. The van der Waals surface area contributed by atoms with Crippen molar-refractivity contribution >= 4 is 44.3 Å². The highest BCUT2D eigenvalue weighted by atomic mass is 35.5. The van der Waals surface area contributed by atoms with E-state index in [0.29, 0.717) is 11.4 Å². The van der Waals surface area contributed by atoms with Crippen LogP contribution in [0.2, 0.25) is 4.47 Å². The molecule has 2 rings (SSSR count). The maximum Gasteiger partial charge on any atom is 0.273 e. The van der Waals surface area contributed by atoms with Gasteiger partial charge < -0.3 is 4.90 Å². The summed E-state index contributed by atoms with van der Waals surface area (Å²) >= 11 is 6.72. The summed E-state index contributed by atoms with van der Waals surface area (Å²) in [5.41, 5.74) is 2.80. The Labute approximate surface area is 133 Å². The van der Waals surface area contributed by atoms with Crippen LogP contribution in [-0.4, -0.2) is 27.5 Å². The van der Waals surface area contributed by atoms with Crippen molar-refractivity contribution in [3.8, 4) is 0 Å². The molecule has 21 heavy (non-hydrogen) atoms. The molecule has 0 aliphatic carbocycles. The lowest BCUT2D eigenvalue weighted by Crippen LogP contribution is -2.14. The van der Waals surface area contributed by atoms with Crippen LogP contribution < -0.4 is 9.62 Å². The van der Waals surface area contributed by atoms with E-state index in [1.54, 1.807) is 13.0 Å². The average Bonchev–Trinajstić information content (AvgIpc) is 2.71. The largest absolute Gasteiger partial charge is 0.378 e. The molecule has 0 unspecified atom stereocenters. The van der Waals surface area contributed by atoms with E-state index in [-0.39, 0.29) is 8.68 Å².